The fourth-order valence-corrected chi connectivity index (χ4v) is 2.87. The standard InChI is InChI=1S/C21H20F3N3O3/c1-29-17-9-7-16(8-10-17)27-18(13-19(26-27)21(22,23)24)15-5-3-14(4-6-15)11-12-25-20(28)30-2/h3-10,13H,11-12H2,1-2H3,(H,25,28). The molecule has 158 valence electrons. The predicted molar refractivity (Wildman–Crippen MR) is 105 cm³/mol. The van der Waals surface area contributed by atoms with Crippen molar-refractivity contribution in [3.8, 4) is 22.7 Å². The van der Waals surface area contributed by atoms with Crippen LogP contribution in [0.4, 0.5) is 18.0 Å². The molecule has 0 spiro atoms. The molecule has 0 saturated carbocycles. The molecule has 1 amide bonds. The number of halogens is 3. The summed E-state index contributed by atoms with van der Waals surface area (Å²) in [5.41, 5.74) is 1.32. The molecule has 0 aliphatic rings. The molecule has 0 saturated heterocycles. The summed E-state index contributed by atoms with van der Waals surface area (Å²) < 4.78 is 50.7. The summed E-state index contributed by atoms with van der Waals surface area (Å²) in [5, 5.41) is 6.35. The van der Waals surface area contributed by atoms with Crippen LogP contribution >= 0.6 is 0 Å². The fraction of sp³-hybridized carbons (Fsp3) is 0.238. The van der Waals surface area contributed by atoms with Gasteiger partial charge in [-0.2, -0.15) is 18.3 Å². The number of carbonyl (C=O) groups is 1. The second-order valence-corrected chi connectivity index (χ2v) is 6.39. The molecule has 0 atom stereocenters. The molecule has 0 aliphatic carbocycles. The number of alkyl halides is 3. The first kappa shape index (κ1) is 21.2. The highest BCUT2D eigenvalue weighted by Crippen LogP contribution is 2.33. The molecule has 0 fully saturated rings. The highest BCUT2D eigenvalue weighted by atomic mass is 19.4. The lowest BCUT2D eigenvalue weighted by atomic mass is 10.1. The summed E-state index contributed by atoms with van der Waals surface area (Å²) in [6, 6.07) is 14.7. The van der Waals surface area contributed by atoms with Crippen LogP contribution < -0.4 is 10.1 Å². The lowest BCUT2D eigenvalue weighted by Crippen LogP contribution is -2.25. The number of carbonyl (C=O) groups excluding carboxylic acids is 1. The lowest BCUT2D eigenvalue weighted by Gasteiger charge is -2.09. The van der Waals surface area contributed by atoms with E-state index >= 15 is 0 Å². The van der Waals surface area contributed by atoms with Gasteiger partial charge in [-0.05, 0) is 42.3 Å². The zero-order valence-electron chi connectivity index (χ0n) is 16.4. The van der Waals surface area contributed by atoms with E-state index in [0.29, 0.717) is 35.7 Å². The van der Waals surface area contributed by atoms with Crippen LogP contribution in [-0.2, 0) is 17.3 Å². The third-order valence-corrected chi connectivity index (χ3v) is 4.43. The fourth-order valence-electron chi connectivity index (χ4n) is 2.87. The molecule has 1 aromatic heterocycles. The molecule has 30 heavy (non-hydrogen) atoms. The van der Waals surface area contributed by atoms with E-state index in [-0.39, 0.29) is 0 Å². The van der Waals surface area contributed by atoms with Crippen molar-refractivity contribution in [3.63, 3.8) is 0 Å². The van der Waals surface area contributed by atoms with Crippen molar-refractivity contribution >= 4 is 6.09 Å². The topological polar surface area (TPSA) is 65.4 Å². The Bertz CT molecular complexity index is 997. The number of hydrogen-bond donors (Lipinski definition) is 1. The number of amides is 1. The molecular formula is C21H20F3N3O3. The Morgan fingerprint density at radius 2 is 1.73 bits per heavy atom. The summed E-state index contributed by atoms with van der Waals surface area (Å²) in [4.78, 5) is 11.1. The maximum atomic E-state index is 13.3. The minimum Gasteiger partial charge on any atom is -0.497 e. The summed E-state index contributed by atoms with van der Waals surface area (Å²) in [6.45, 7) is 0.383. The van der Waals surface area contributed by atoms with Gasteiger partial charge in [-0.1, -0.05) is 24.3 Å². The van der Waals surface area contributed by atoms with Gasteiger partial charge in [-0.15, -0.1) is 0 Å². The van der Waals surface area contributed by atoms with E-state index in [9.17, 15) is 18.0 Å². The smallest absolute Gasteiger partial charge is 0.435 e. The van der Waals surface area contributed by atoms with E-state index in [1.807, 2.05) is 0 Å². The minimum atomic E-state index is -4.56. The second-order valence-electron chi connectivity index (χ2n) is 6.39. The third-order valence-electron chi connectivity index (χ3n) is 4.43. The zero-order chi connectivity index (χ0) is 21.7. The highest BCUT2D eigenvalue weighted by Gasteiger charge is 2.35. The van der Waals surface area contributed by atoms with Crippen molar-refractivity contribution in [2.45, 2.75) is 12.6 Å². The van der Waals surface area contributed by atoms with E-state index < -0.39 is 18.0 Å². The van der Waals surface area contributed by atoms with Crippen LogP contribution in [0.15, 0.2) is 54.6 Å². The number of methoxy groups -OCH3 is 2. The quantitative estimate of drug-likeness (QED) is 0.641. The molecule has 9 heteroatoms. The Morgan fingerprint density at radius 3 is 2.30 bits per heavy atom. The van der Waals surface area contributed by atoms with Gasteiger partial charge in [0.25, 0.3) is 0 Å². The van der Waals surface area contributed by atoms with Gasteiger partial charge in [0.2, 0.25) is 0 Å². The van der Waals surface area contributed by atoms with Crippen LogP contribution in [0, 0.1) is 0 Å². The van der Waals surface area contributed by atoms with Gasteiger partial charge in [0.1, 0.15) is 5.75 Å². The molecule has 1 heterocycles. The maximum Gasteiger partial charge on any atom is 0.435 e. The SMILES string of the molecule is COC(=O)NCCc1ccc(-c2cc(C(F)(F)F)nn2-c2ccc(OC)cc2)cc1. The number of hydrogen-bond acceptors (Lipinski definition) is 4. The Hall–Kier alpha value is -3.49. The molecule has 1 N–H and O–H groups in total. The van der Waals surface area contributed by atoms with Gasteiger partial charge in [0.15, 0.2) is 5.69 Å². The second kappa shape index (κ2) is 8.89. The third kappa shape index (κ3) is 4.91. The molecule has 2 aromatic carbocycles. The molecule has 3 aromatic rings. The number of aromatic nitrogens is 2. The van der Waals surface area contributed by atoms with Crippen LogP contribution in [-0.4, -0.2) is 36.6 Å². The molecule has 0 unspecified atom stereocenters. The van der Waals surface area contributed by atoms with Crippen LogP contribution in [0.3, 0.4) is 0 Å². The lowest BCUT2D eigenvalue weighted by molar-refractivity contribution is -0.141. The van der Waals surface area contributed by atoms with Gasteiger partial charge in [0, 0.05) is 12.1 Å². The van der Waals surface area contributed by atoms with Crippen LogP contribution in [0.2, 0.25) is 0 Å². The number of benzene rings is 2. The van der Waals surface area contributed by atoms with E-state index in [2.05, 4.69) is 15.2 Å². The van der Waals surface area contributed by atoms with Crippen molar-refractivity contribution < 1.29 is 27.4 Å². The monoisotopic (exact) mass is 419 g/mol. The summed E-state index contributed by atoms with van der Waals surface area (Å²) in [5.74, 6) is 0.591. The average molecular weight is 419 g/mol. The van der Waals surface area contributed by atoms with Crippen molar-refractivity contribution in [1.82, 2.24) is 15.1 Å². The van der Waals surface area contributed by atoms with Gasteiger partial charge >= 0.3 is 12.3 Å². The van der Waals surface area contributed by atoms with Crippen molar-refractivity contribution in [2.24, 2.45) is 0 Å². The maximum absolute atomic E-state index is 13.3. The highest BCUT2D eigenvalue weighted by molar-refractivity contribution is 5.67. The van der Waals surface area contributed by atoms with Gasteiger partial charge in [0.05, 0.1) is 25.6 Å². The van der Waals surface area contributed by atoms with Crippen LogP contribution in [0.1, 0.15) is 11.3 Å². The predicted octanol–water partition coefficient (Wildman–Crippen LogP) is 4.47. The molecule has 0 radical (unpaired) electrons. The van der Waals surface area contributed by atoms with Gasteiger partial charge < -0.3 is 14.8 Å². The minimum absolute atomic E-state index is 0.312. The molecule has 0 aliphatic heterocycles. The number of nitrogens with one attached hydrogen (secondary N) is 1. The van der Waals surface area contributed by atoms with E-state index in [1.165, 1.54) is 18.9 Å². The Kier molecular flexibility index (Phi) is 6.29. The number of rotatable bonds is 6. The zero-order valence-corrected chi connectivity index (χ0v) is 16.4. The van der Waals surface area contributed by atoms with Crippen molar-refractivity contribution in [3.05, 3.63) is 65.9 Å². The molecule has 3 rings (SSSR count). The van der Waals surface area contributed by atoms with Gasteiger partial charge in [-0.25, -0.2) is 9.48 Å². The summed E-state index contributed by atoms with van der Waals surface area (Å²) in [6.07, 6.45) is -4.53. The van der Waals surface area contributed by atoms with E-state index in [4.69, 9.17) is 4.74 Å². The summed E-state index contributed by atoms with van der Waals surface area (Å²) >= 11 is 0. The molecule has 6 nitrogen and oxygen atoms in total. The Morgan fingerprint density at radius 1 is 1.07 bits per heavy atom. The first-order valence-corrected chi connectivity index (χ1v) is 9.04. The Labute approximate surface area is 171 Å². The number of alkyl carbamates (subject to hydrolysis) is 1. The van der Waals surface area contributed by atoms with E-state index in [0.717, 1.165) is 11.6 Å². The normalized spacial score (nSPS) is 11.2. The first-order valence-electron chi connectivity index (χ1n) is 9.04. The number of nitrogens with zero attached hydrogens (tertiary/aromatic N) is 2. The summed E-state index contributed by atoms with van der Waals surface area (Å²) in [7, 11) is 2.80. The van der Waals surface area contributed by atoms with Crippen molar-refractivity contribution in [1.29, 1.82) is 0 Å². The molecular weight excluding hydrogens is 399 g/mol. The van der Waals surface area contributed by atoms with E-state index in [1.54, 1.807) is 48.5 Å². The number of ether oxygens (including phenoxy) is 2. The first-order chi connectivity index (χ1) is 14.3. The molecule has 0 bridgehead atoms. The van der Waals surface area contributed by atoms with Gasteiger partial charge in [-0.3, -0.25) is 0 Å². The largest absolute Gasteiger partial charge is 0.497 e. The van der Waals surface area contributed by atoms with Crippen LogP contribution in [0.25, 0.3) is 16.9 Å². The Balaban J connectivity index is 1.90. The van der Waals surface area contributed by atoms with Crippen molar-refractivity contribution in [2.75, 3.05) is 20.8 Å². The van der Waals surface area contributed by atoms with Crippen LogP contribution in [0.5, 0.6) is 5.75 Å². The average Bonchev–Trinajstić information content (AvgIpc) is 3.20.